The standard InChI is InChI=1S/C11H10F2N4O2S/c1-14-11-15-5-8(6-16-11)20(18,19)17-7-2-3-9(12)10(13)4-7/h2-6,17H,1H3,(H,14,15,16). The largest absolute Gasteiger partial charge is 0.357 e. The Bertz CT molecular complexity index is 720. The Balaban J connectivity index is 2.27. The number of rotatable bonds is 4. The molecule has 0 unspecified atom stereocenters. The molecule has 2 rings (SSSR count). The Morgan fingerprint density at radius 1 is 1.10 bits per heavy atom. The Labute approximate surface area is 113 Å². The van der Waals surface area contributed by atoms with E-state index in [1.54, 1.807) is 7.05 Å². The molecule has 20 heavy (non-hydrogen) atoms. The highest BCUT2D eigenvalue weighted by molar-refractivity contribution is 7.92. The summed E-state index contributed by atoms with van der Waals surface area (Å²) in [5, 5.41) is 2.64. The van der Waals surface area contributed by atoms with Gasteiger partial charge in [0.15, 0.2) is 11.6 Å². The van der Waals surface area contributed by atoms with Crippen molar-refractivity contribution in [1.82, 2.24) is 9.97 Å². The lowest BCUT2D eigenvalue weighted by Crippen LogP contribution is -2.14. The van der Waals surface area contributed by atoms with Crippen LogP contribution in [0.25, 0.3) is 0 Å². The summed E-state index contributed by atoms with van der Waals surface area (Å²) in [4.78, 5) is 7.33. The first kappa shape index (κ1) is 14.1. The van der Waals surface area contributed by atoms with Crippen molar-refractivity contribution in [3.05, 3.63) is 42.2 Å². The number of nitrogens with zero attached hydrogens (tertiary/aromatic N) is 2. The van der Waals surface area contributed by atoms with E-state index in [1.807, 2.05) is 0 Å². The van der Waals surface area contributed by atoms with Crippen LogP contribution in [0.3, 0.4) is 0 Å². The number of nitrogens with one attached hydrogen (secondary N) is 2. The van der Waals surface area contributed by atoms with Gasteiger partial charge >= 0.3 is 0 Å². The number of benzene rings is 1. The topological polar surface area (TPSA) is 84.0 Å². The van der Waals surface area contributed by atoms with Crippen molar-refractivity contribution in [2.24, 2.45) is 0 Å². The van der Waals surface area contributed by atoms with E-state index >= 15 is 0 Å². The van der Waals surface area contributed by atoms with Crippen LogP contribution in [0.5, 0.6) is 0 Å². The molecule has 0 amide bonds. The summed E-state index contributed by atoms with van der Waals surface area (Å²) in [5.41, 5.74) is -0.0957. The molecular weight excluding hydrogens is 290 g/mol. The van der Waals surface area contributed by atoms with Gasteiger partial charge in [-0.25, -0.2) is 27.2 Å². The van der Waals surface area contributed by atoms with E-state index in [1.165, 1.54) is 0 Å². The quantitative estimate of drug-likeness (QED) is 0.896. The molecule has 0 spiro atoms. The lowest BCUT2D eigenvalue weighted by molar-refractivity contribution is 0.509. The summed E-state index contributed by atoms with van der Waals surface area (Å²) in [6, 6.07) is 2.68. The minimum Gasteiger partial charge on any atom is -0.357 e. The first-order valence-corrected chi connectivity index (χ1v) is 6.88. The molecule has 6 nitrogen and oxygen atoms in total. The smallest absolute Gasteiger partial charge is 0.264 e. The predicted octanol–water partition coefficient (Wildman–Crippen LogP) is 1.60. The molecule has 0 aliphatic heterocycles. The predicted molar refractivity (Wildman–Crippen MR) is 68.7 cm³/mol. The second-order valence-electron chi connectivity index (χ2n) is 3.73. The van der Waals surface area contributed by atoms with E-state index in [-0.39, 0.29) is 16.5 Å². The SMILES string of the molecule is CNc1ncc(S(=O)(=O)Nc2ccc(F)c(F)c2)cn1. The molecule has 0 bridgehead atoms. The molecule has 0 saturated heterocycles. The Kier molecular flexibility index (Phi) is 3.79. The summed E-state index contributed by atoms with van der Waals surface area (Å²) < 4.78 is 51.8. The molecule has 1 aromatic heterocycles. The van der Waals surface area contributed by atoms with Crippen molar-refractivity contribution in [3.8, 4) is 0 Å². The van der Waals surface area contributed by atoms with Crippen LogP contribution in [0.15, 0.2) is 35.5 Å². The van der Waals surface area contributed by atoms with E-state index in [0.717, 1.165) is 30.6 Å². The van der Waals surface area contributed by atoms with Crippen molar-refractivity contribution in [1.29, 1.82) is 0 Å². The van der Waals surface area contributed by atoms with Crippen LogP contribution in [-0.4, -0.2) is 25.4 Å². The number of hydrogen-bond acceptors (Lipinski definition) is 5. The van der Waals surface area contributed by atoms with E-state index in [4.69, 9.17) is 0 Å². The van der Waals surface area contributed by atoms with E-state index < -0.39 is 21.7 Å². The van der Waals surface area contributed by atoms with Crippen LogP contribution in [0, 0.1) is 11.6 Å². The van der Waals surface area contributed by atoms with Gasteiger partial charge in [0.25, 0.3) is 10.0 Å². The summed E-state index contributed by atoms with van der Waals surface area (Å²) in [5.74, 6) is -1.95. The first-order chi connectivity index (χ1) is 9.42. The van der Waals surface area contributed by atoms with Gasteiger partial charge in [-0.05, 0) is 12.1 Å². The maximum absolute atomic E-state index is 13.0. The molecule has 1 heterocycles. The fraction of sp³-hybridized carbons (Fsp3) is 0.0909. The van der Waals surface area contributed by atoms with Gasteiger partial charge in [-0.2, -0.15) is 0 Å². The highest BCUT2D eigenvalue weighted by Crippen LogP contribution is 2.17. The summed E-state index contributed by atoms with van der Waals surface area (Å²) in [6.07, 6.45) is 2.20. The lowest BCUT2D eigenvalue weighted by Gasteiger charge is -2.08. The highest BCUT2D eigenvalue weighted by atomic mass is 32.2. The first-order valence-electron chi connectivity index (χ1n) is 5.40. The number of anilines is 2. The van der Waals surface area contributed by atoms with Gasteiger partial charge in [0, 0.05) is 13.1 Å². The van der Waals surface area contributed by atoms with Crippen molar-refractivity contribution in [3.63, 3.8) is 0 Å². The van der Waals surface area contributed by atoms with Gasteiger partial charge < -0.3 is 5.32 Å². The second-order valence-corrected chi connectivity index (χ2v) is 5.41. The fourth-order valence-electron chi connectivity index (χ4n) is 1.36. The third-order valence-electron chi connectivity index (χ3n) is 2.33. The Morgan fingerprint density at radius 3 is 2.30 bits per heavy atom. The molecule has 2 N–H and O–H groups in total. The van der Waals surface area contributed by atoms with Crippen LogP contribution in [0.2, 0.25) is 0 Å². The maximum Gasteiger partial charge on any atom is 0.264 e. The van der Waals surface area contributed by atoms with Gasteiger partial charge in [-0.3, -0.25) is 4.72 Å². The third-order valence-corrected chi connectivity index (χ3v) is 3.67. The van der Waals surface area contributed by atoms with Gasteiger partial charge in [-0.1, -0.05) is 0 Å². The zero-order chi connectivity index (χ0) is 14.8. The van der Waals surface area contributed by atoms with Gasteiger partial charge in [0.1, 0.15) is 4.90 Å². The molecule has 0 aliphatic rings. The zero-order valence-electron chi connectivity index (χ0n) is 10.3. The van der Waals surface area contributed by atoms with Crippen LogP contribution >= 0.6 is 0 Å². The fourth-order valence-corrected chi connectivity index (χ4v) is 2.30. The number of aromatic nitrogens is 2. The molecule has 9 heteroatoms. The van der Waals surface area contributed by atoms with Gasteiger partial charge in [-0.15, -0.1) is 0 Å². The molecule has 0 fully saturated rings. The number of halogens is 2. The van der Waals surface area contributed by atoms with Crippen LogP contribution in [0.4, 0.5) is 20.4 Å². The van der Waals surface area contributed by atoms with Gasteiger partial charge in [0.05, 0.1) is 18.1 Å². The number of hydrogen-bond donors (Lipinski definition) is 2. The average Bonchev–Trinajstić information content (AvgIpc) is 2.43. The monoisotopic (exact) mass is 300 g/mol. The second kappa shape index (κ2) is 5.37. The minimum atomic E-state index is -3.96. The van der Waals surface area contributed by atoms with E-state index in [0.29, 0.717) is 0 Å². The molecule has 1 aromatic carbocycles. The average molecular weight is 300 g/mol. The zero-order valence-corrected chi connectivity index (χ0v) is 11.1. The van der Waals surface area contributed by atoms with Crippen molar-refractivity contribution in [2.75, 3.05) is 17.1 Å². The molecule has 106 valence electrons. The molecule has 0 saturated carbocycles. The lowest BCUT2D eigenvalue weighted by atomic mass is 10.3. The van der Waals surface area contributed by atoms with Crippen molar-refractivity contribution < 1.29 is 17.2 Å². The van der Waals surface area contributed by atoms with Crippen molar-refractivity contribution in [2.45, 2.75) is 4.90 Å². The van der Waals surface area contributed by atoms with E-state index in [2.05, 4.69) is 20.0 Å². The van der Waals surface area contributed by atoms with Crippen LogP contribution < -0.4 is 10.0 Å². The summed E-state index contributed by atoms with van der Waals surface area (Å²) in [7, 11) is -2.37. The molecular formula is C11H10F2N4O2S. The summed E-state index contributed by atoms with van der Waals surface area (Å²) in [6.45, 7) is 0. The van der Waals surface area contributed by atoms with Crippen LogP contribution in [-0.2, 0) is 10.0 Å². The maximum atomic E-state index is 13.0. The minimum absolute atomic E-state index is 0.0957. The third kappa shape index (κ3) is 2.99. The van der Waals surface area contributed by atoms with Crippen LogP contribution in [0.1, 0.15) is 0 Å². The summed E-state index contributed by atoms with van der Waals surface area (Å²) >= 11 is 0. The van der Waals surface area contributed by atoms with Crippen molar-refractivity contribution >= 4 is 21.7 Å². The molecule has 0 aliphatic carbocycles. The highest BCUT2D eigenvalue weighted by Gasteiger charge is 2.16. The molecule has 2 aromatic rings. The van der Waals surface area contributed by atoms with E-state index in [9.17, 15) is 17.2 Å². The van der Waals surface area contributed by atoms with Gasteiger partial charge in [0.2, 0.25) is 5.95 Å². The number of sulfonamides is 1. The molecule has 0 radical (unpaired) electrons. The Morgan fingerprint density at radius 2 is 1.75 bits per heavy atom. The Hall–Kier alpha value is -2.29. The normalized spacial score (nSPS) is 11.2. The molecule has 0 atom stereocenters.